The van der Waals surface area contributed by atoms with Crippen LogP contribution >= 0.6 is 0 Å². The summed E-state index contributed by atoms with van der Waals surface area (Å²) in [5.74, 6) is 1.88. The molecule has 3 heterocycles. The second kappa shape index (κ2) is 11.3. The SMILES string of the molecule is CCc1ccc2c(c1)c1ccc3c4cc(CC)ccc4n(-c4nc(-c5ccccc5)nc(-c5ccccc5)n4)c3c1n2-c1ccccc1. The van der Waals surface area contributed by atoms with Gasteiger partial charge in [0.2, 0.25) is 5.95 Å². The molecule has 0 atom stereocenters. The Morgan fingerprint density at radius 3 is 1.40 bits per heavy atom. The van der Waals surface area contributed by atoms with Crippen LogP contribution in [0, 0.1) is 0 Å². The minimum Gasteiger partial charge on any atom is -0.307 e. The molecule has 0 aliphatic carbocycles. The van der Waals surface area contributed by atoms with E-state index < -0.39 is 0 Å². The summed E-state index contributed by atoms with van der Waals surface area (Å²) in [4.78, 5) is 15.5. The van der Waals surface area contributed by atoms with Crippen LogP contribution in [-0.2, 0) is 12.8 Å². The first kappa shape index (κ1) is 28.2. The summed E-state index contributed by atoms with van der Waals surface area (Å²) in [6.07, 6.45) is 1.93. The summed E-state index contributed by atoms with van der Waals surface area (Å²) in [5.41, 5.74) is 10.1. The third kappa shape index (κ3) is 4.43. The highest BCUT2D eigenvalue weighted by Gasteiger charge is 2.23. The molecule has 0 radical (unpaired) electrons. The molecule has 3 aromatic heterocycles. The van der Waals surface area contributed by atoms with Gasteiger partial charge in [0.05, 0.1) is 22.1 Å². The lowest BCUT2D eigenvalue weighted by Gasteiger charge is -2.13. The number of aryl methyl sites for hydroxylation is 2. The van der Waals surface area contributed by atoms with Crippen molar-refractivity contribution in [3.05, 3.63) is 151 Å². The van der Waals surface area contributed by atoms with Crippen LogP contribution in [-0.4, -0.2) is 24.1 Å². The van der Waals surface area contributed by atoms with Crippen LogP contribution in [0.15, 0.2) is 140 Å². The van der Waals surface area contributed by atoms with Crippen molar-refractivity contribution >= 4 is 43.6 Å². The molecule has 5 heteroatoms. The van der Waals surface area contributed by atoms with Crippen molar-refractivity contribution in [1.82, 2.24) is 24.1 Å². The van der Waals surface area contributed by atoms with Crippen molar-refractivity contribution in [1.29, 1.82) is 0 Å². The Bertz CT molecular complexity index is 2560. The molecular formula is C43H33N5. The maximum Gasteiger partial charge on any atom is 0.238 e. The van der Waals surface area contributed by atoms with Crippen molar-refractivity contribution in [2.45, 2.75) is 26.7 Å². The van der Waals surface area contributed by atoms with E-state index in [1.807, 2.05) is 36.4 Å². The van der Waals surface area contributed by atoms with Crippen molar-refractivity contribution in [3.8, 4) is 34.4 Å². The Labute approximate surface area is 278 Å². The van der Waals surface area contributed by atoms with Crippen molar-refractivity contribution < 1.29 is 0 Å². The lowest BCUT2D eigenvalue weighted by atomic mass is 10.0. The Morgan fingerprint density at radius 2 is 0.896 bits per heavy atom. The van der Waals surface area contributed by atoms with Crippen LogP contribution in [0.1, 0.15) is 25.0 Å². The molecule has 6 aromatic carbocycles. The van der Waals surface area contributed by atoms with Gasteiger partial charge < -0.3 is 4.57 Å². The molecule has 0 aliphatic heterocycles. The van der Waals surface area contributed by atoms with Gasteiger partial charge in [-0.2, -0.15) is 9.97 Å². The molecule has 9 rings (SSSR count). The van der Waals surface area contributed by atoms with E-state index in [2.05, 4.69) is 126 Å². The molecule has 0 bridgehead atoms. The van der Waals surface area contributed by atoms with Crippen LogP contribution in [0.5, 0.6) is 0 Å². The molecule has 0 amide bonds. The Hall–Kier alpha value is -6.07. The third-order valence-electron chi connectivity index (χ3n) is 9.50. The predicted molar refractivity (Wildman–Crippen MR) is 198 cm³/mol. The van der Waals surface area contributed by atoms with Gasteiger partial charge in [0, 0.05) is 38.4 Å². The fourth-order valence-electron chi connectivity index (χ4n) is 7.09. The minimum atomic E-state index is 0.596. The van der Waals surface area contributed by atoms with Crippen molar-refractivity contribution in [2.24, 2.45) is 0 Å². The molecule has 0 spiro atoms. The van der Waals surface area contributed by atoms with Gasteiger partial charge >= 0.3 is 0 Å². The van der Waals surface area contributed by atoms with Gasteiger partial charge in [-0.05, 0) is 60.4 Å². The minimum absolute atomic E-state index is 0.596. The zero-order valence-corrected chi connectivity index (χ0v) is 26.9. The summed E-state index contributed by atoms with van der Waals surface area (Å²) >= 11 is 0. The quantitative estimate of drug-likeness (QED) is 0.186. The zero-order valence-electron chi connectivity index (χ0n) is 26.9. The normalized spacial score (nSPS) is 11.7. The highest BCUT2D eigenvalue weighted by atomic mass is 15.2. The third-order valence-corrected chi connectivity index (χ3v) is 9.50. The molecule has 5 nitrogen and oxygen atoms in total. The van der Waals surface area contributed by atoms with E-state index >= 15 is 0 Å². The zero-order chi connectivity index (χ0) is 32.2. The first-order valence-corrected chi connectivity index (χ1v) is 16.7. The number of fused-ring (bicyclic) bond motifs is 7. The van der Waals surface area contributed by atoms with Crippen molar-refractivity contribution in [2.75, 3.05) is 0 Å². The number of rotatable bonds is 6. The monoisotopic (exact) mass is 619 g/mol. The van der Waals surface area contributed by atoms with E-state index in [0.717, 1.165) is 46.2 Å². The molecule has 0 unspecified atom stereocenters. The predicted octanol–water partition coefficient (Wildman–Crippen LogP) is 10.5. The summed E-state index contributed by atoms with van der Waals surface area (Å²) < 4.78 is 4.69. The first-order valence-electron chi connectivity index (χ1n) is 16.7. The van der Waals surface area contributed by atoms with E-state index in [0.29, 0.717) is 17.6 Å². The molecule has 0 saturated carbocycles. The van der Waals surface area contributed by atoms with Gasteiger partial charge in [-0.1, -0.05) is 117 Å². The van der Waals surface area contributed by atoms with Crippen molar-refractivity contribution in [3.63, 3.8) is 0 Å². The van der Waals surface area contributed by atoms with Gasteiger partial charge in [-0.3, -0.25) is 4.57 Å². The average Bonchev–Trinajstić information content (AvgIpc) is 3.67. The first-order chi connectivity index (χ1) is 23.7. The van der Waals surface area contributed by atoms with E-state index in [4.69, 9.17) is 15.0 Å². The van der Waals surface area contributed by atoms with E-state index in [-0.39, 0.29) is 0 Å². The van der Waals surface area contributed by atoms with Crippen LogP contribution in [0.4, 0.5) is 0 Å². The second-order valence-corrected chi connectivity index (χ2v) is 12.3. The summed E-state index contributed by atoms with van der Waals surface area (Å²) in [6, 6.07) is 49.4. The van der Waals surface area contributed by atoms with Gasteiger partial charge in [-0.25, -0.2) is 4.98 Å². The van der Waals surface area contributed by atoms with E-state index in [1.54, 1.807) is 0 Å². The van der Waals surface area contributed by atoms with Crippen LogP contribution in [0.2, 0.25) is 0 Å². The Morgan fingerprint density at radius 1 is 0.438 bits per heavy atom. The largest absolute Gasteiger partial charge is 0.307 e. The molecular weight excluding hydrogens is 587 g/mol. The second-order valence-electron chi connectivity index (χ2n) is 12.3. The topological polar surface area (TPSA) is 48.5 Å². The summed E-state index contributed by atoms with van der Waals surface area (Å²) in [5, 5.41) is 4.81. The standard InChI is InChI=1S/C43H33N5/c1-3-28-20-24-37-35(26-28)33-22-23-34-36-27-29(4-2)21-25-38(36)48(40(34)39(33)47(37)32-18-12-7-13-19-32)43-45-41(30-14-8-5-9-15-30)44-42(46-43)31-16-10-6-11-17-31/h5-27H,3-4H2,1-2H3. The van der Waals surface area contributed by atoms with Crippen LogP contribution in [0.25, 0.3) is 78.0 Å². The number of benzene rings is 6. The number of hydrogen-bond donors (Lipinski definition) is 0. The number of nitrogens with zero attached hydrogens (tertiary/aromatic N) is 5. The summed E-state index contributed by atoms with van der Waals surface area (Å²) in [7, 11) is 0. The molecule has 48 heavy (non-hydrogen) atoms. The lowest BCUT2D eigenvalue weighted by molar-refractivity contribution is 0.953. The highest BCUT2D eigenvalue weighted by Crippen LogP contribution is 2.42. The van der Waals surface area contributed by atoms with Gasteiger partial charge in [-0.15, -0.1) is 0 Å². The number of para-hydroxylation sites is 1. The number of aromatic nitrogens is 5. The Balaban J connectivity index is 1.49. The highest BCUT2D eigenvalue weighted by molar-refractivity contribution is 6.23. The average molecular weight is 620 g/mol. The molecule has 0 N–H and O–H groups in total. The molecule has 0 saturated heterocycles. The smallest absolute Gasteiger partial charge is 0.238 e. The molecule has 230 valence electrons. The van der Waals surface area contributed by atoms with Gasteiger partial charge in [0.1, 0.15) is 0 Å². The fourth-order valence-corrected chi connectivity index (χ4v) is 7.09. The fraction of sp³-hybridized carbons (Fsp3) is 0.0930. The lowest BCUT2D eigenvalue weighted by Crippen LogP contribution is -2.07. The molecule has 0 aliphatic rings. The summed E-state index contributed by atoms with van der Waals surface area (Å²) in [6.45, 7) is 4.43. The molecule has 0 fully saturated rings. The van der Waals surface area contributed by atoms with Gasteiger partial charge in [0.15, 0.2) is 11.6 Å². The maximum atomic E-state index is 5.24. The van der Waals surface area contributed by atoms with Crippen LogP contribution < -0.4 is 0 Å². The maximum absolute atomic E-state index is 5.24. The van der Waals surface area contributed by atoms with E-state index in [9.17, 15) is 0 Å². The van der Waals surface area contributed by atoms with Crippen LogP contribution in [0.3, 0.4) is 0 Å². The number of hydrogen-bond acceptors (Lipinski definition) is 3. The van der Waals surface area contributed by atoms with Gasteiger partial charge in [0.25, 0.3) is 0 Å². The Kier molecular flexibility index (Phi) is 6.64. The van der Waals surface area contributed by atoms with E-state index in [1.165, 1.54) is 38.2 Å². The molecule has 9 aromatic rings.